The molecular formula is C16H36N4O. The van der Waals surface area contributed by atoms with Gasteiger partial charge in [-0.05, 0) is 47.2 Å². The molecule has 0 radical (unpaired) electrons. The molecule has 0 saturated carbocycles. The van der Waals surface area contributed by atoms with Crippen molar-refractivity contribution >= 4 is 5.96 Å². The summed E-state index contributed by atoms with van der Waals surface area (Å²) in [5.41, 5.74) is 0.0867. The molecule has 0 spiro atoms. The number of nitrogens with one attached hydrogen (secondary N) is 2. The summed E-state index contributed by atoms with van der Waals surface area (Å²) in [6.07, 6.45) is 1.29. The normalized spacial score (nSPS) is 14.7. The van der Waals surface area contributed by atoms with Gasteiger partial charge in [-0.15, -0.1) is 0 Å². The number of nitrogens with zero attached hydrogens (tertiary/aromatic N) is 2. The van der Waals surface area contributed by atoms with E-state index in [1.165, 1.54) is 0 Å². The Balaban J connectivity index is 4.17. The van der Waals surface area contributed by atoms with E-state index in [0.29, 0.717) is 12.0 Å². The molecule has 2 N–H and O–H groups in total. The molecule has 0 aliphatic carbocycles. The van der Waals surface area contributed by atoms with Gasteiger partial charge >= 0.3 is 0 Å². The number of ether oxygens (including phenoxy) is 1. The summed E-state index contributed by atoms with van der Waals surface area (Å²) >= 11 is 0. The molecule has 0 bridgehead atoms. The first-order chi connectivity index (χ1) is 9.74. The fourth-order valence-corrected chi connectivity index (χ4v) is 1.83. The molecule has 1 unspecified atom stereocenters. The zero-order valence-corrected chi connectivity index (χ0v) is 15.3. The fraction of sp³-hybridized carbons (Fsp3) is 0.938. The quantitative estimate of drug-likeness (QED) is 0.505. The molecule has 0 amide bonds. The number of hydrogen-bond donors (Lipinski definition) is 2. The third-order valence-electron chi connectivity index (χ3n) is 3.97. The molecule has 0 aliphatic heterocycles. The van der Waals surface area contributed by atoms with E-state index in [9.17, 15) is 0 Å². The predicted molar refractivity (Wildman–Crippen MR) is 92.0 cm³/mol. The zero-order chi connectivity index (χ0) is 16.5. The van der Waals surface area contributed by atoms with Gasteiger partial charge in [0, 0.05) is 32.3 Å². The van der Waals surface area contributed by atoms with E-state index in [4.69, 9.17) is 4.74 Å². The summed E-state index contributed by atoms with van der Waals surface area (Å²) in [6, 6.07) is 0. The average Bonchev–Trinajstić information content (AvgIpc) is 2.40. The van der Waals surface area contributed by atoms with Crippen LogP contribution in [0.25, 0.3) is 0 Å². The molecule has 1 atom stereocenters. The van der Waals surface area contributed by atoms with Gasteiger partial charge in [0.15, 0.2) is 5.96 Å². The monoisotopic (exact) mass is 300 g/mol. The van der Waals surface area contributed by atoms with Crippen LogP contribution < -0.4 is 10.6 Å². The second kappa shape index (κ2) is 10.0. The van der Waals surface area contributed by atoms with Crippen molar-refractivity contribution in [2.24, 2.45) is 10.9 Å². The van der Waals surface area contributed by atoms with Crippen LogP contribution in [-0.2, 0) is 4.74 Å². The Hall–Kier alpha value is -0.810. The lowest BCUT2D eigenvalue weighted by molar-refractivity contribution is 0.0258. The van der Waals surface area contributed by atoms with Gasteiger partial charge in [0.25, 0.3) is 0 Å². The maximum Gasteiger partial charge on any atom is 0.191 e. The third kappa shape index (κ3) is 8.27. The first-order valence-electron chi connectivity index (χ1n) is 7.98. The van der Waals surface area contributed by atoms with Crippen molar-refractivity contribution in [1.82, 2.24) is 15.5 Å². The highest BCUT2D eigenvalue weighted by atomic mass is 16.5. The van der Waals surface area contributed by atoms with Crippen molar-refractivity contribution in [1.29, 1.82) is 0 Å². The standard InChI is InChI=1S/C16H36N4O/c1-9-21-14(13(2)3)10-11-18-15(17-6)19-12-16(4,5)20(7)8/h13-14H,9-12H2,1-8H3,(H2,17,18,19). The topological polar surface area (TPSA) is 48.9 Å². The van der Waals surface area contributed by atoms with Crippen molar-refractivity contribution in [3.63, 3.8) is 0 Å². The largest absolute Gasteiger partial charge is 0.378 e. The lowest BCUT2D eigenvalue weighted by Gasteiger charge is -2.33. The second-order valence-electron chi connectivity index (χ2n) is 6.59. The molecule has 126 valence electrons. The van der Waals surface area contributed by atoms with Crippen LogP contribution in [0.3, 0.4) is 0 Å². The molecule has 21 heavy (non-hydrogen) atoms. The minimum atomic E-state index is 0.0867. The Bertz CT molecular complexity index is 301. The van der Waals surface area contributed by atoms with Crippen molar-refractivity contribution in [2.75, 3.05) is 40.8 Å². The summed E-state index contributed by atoms with van der Waals surface area (Å²) in [4.78, 5) is 6.48. The van der Waals surface area contributed by atoms with Crippen LogP contribution in [0.15, 0.2) is 4.99 Å². The molecule has 0 saturated heterocycles. The molecular weight excluding hydrogens is 264 g/mol. The first-order valence-corrected chi connectivity index (χ1v) is 7.98. The van der Waals surface area contributed by atoms with E-state index in [2.05, 4.69) is 62.3 Å². The number of rotatable bonds is 9. The fourth-order valence-electron chi connectivity index (χ4n) is 1.83. The van der Waals surface area contributed by atoms with E-state index >= 15 is 0 Å². The van der Waals surface area contributed by atoms with Crippen LogP contribution >= 0.6 is 0 Å². The lowest BCUT2D eigenvalue weighted by atomic mass is 10.0. The Morgan fingerprint density at radius 2 is 1.86 bits per heavy atom. The summed E-state index contributed by atoms with van der Waals surface area (Å²) in [7, 11) is 5.99. The number of guanidine groups is 1. The summed E-state index contributed by atoms with van der Waals surface area (Å²) in [5.74, 6) is 1.39. The molecule has 0 fully saturated rings. The van der Waals surface area contributed by atoms with E-state index < -0.39 is 0 Å². The Kier molecular flexibility index (Phi) is 9.62. The van der Waals surface area contributed by atoms with Gasteiger partial charge in [-0.1, -0.05) is 13.8 Å². The summed E-state index contributed by atoms with van der Waals surface area (Å²) in [6.45, 7) is 13.3. The maximum atomic E-state index is 5.76. The average molecular weight is 300 g/mol. The lowest BCUT2D eigenvalue weighted by Crippen LogP contribution is -2.51. The minimum absolute atomic E-state index is 0.0867. The Morgan fingerprint density at radius 3 is 2.29 bits per heavy atom. The van der Waals surface area contributed by atoms with Crippen molar-refractivity contribution in [3.8, 4) is 0 Å². The number of likely N-dealkylation sites (N-methyl/N-ethyl adjacent to an activating group) is 1. The zero-order valence-electron chi connectivity index (χ0n) is 15.3. The smallest absolute Gasteiger partial charge is 0.191 e. The highest BCUT2D eigenvalue weighted by Crippen LogP contribution is 2.10. The van der Waals surface area contributed by atoms with Crippen LogP contribution in [0.4, 0.5) is 0 Å². The first kappa shape index (κ1) is 20.2. The third-order valence-corrected chi connectivity index (χ3v) is 3.97. The molecule has 5 nitrogen and oxygen atoms in total. The molecule has 0 aromatic carbocycles. The van der Waals surface area contributed by atoms with E-state index in [1.807, 2.05) is 6.92 Å². The van der Waals surface area contributed by atoms with Crippen molar-refractivity contribution in [3.05, 3.63) is 0 Å². The molecule has 0 aliphatic rings. The predicted octanol–water partition coefficient (Wildman–Crippen LogP) is 1.94. The van der Waals surface area contributed by atoms with Gasteiger partial charge < -0.3 is 20.3 Å². The van der Waals surface area contributed by atoms with Gasteiger partial charge in [-0.3, -0.25) is 4.99 Å². The van der Waals surface area contributed by atoms with E-state index in [0.717, 1.165) is 32.1 Å². The maximum absolute atomic E-state index is 5.76. The van der Waals surface area contributed by atoms with Crippen LogP contribution in [0.1, 0.15) is 41.0 Å². The van der Waals surface area contributed by atoms with Crippen LogP contribution in [-0.4, -0.2) is 63.3 Å². The van der Waals surface area contributed by atoms with Gasteiger partial charge in [0.1, 0.15) is 0 Å². The van der Waals surface area contributed by atoms with Crippen molar-refractivity contribution < 1.29 is 4.74 Å². The van der Waals surface area contributed by atoms with Crippen LogP contribution in [0, 0.1) is 5.92 Å². The van der Waals surface area contributed by atoms with Crippen LogP contribution in [0.2, 0.25) is 0 Å². The Morgan fingerprint density at radius 1 is 1.24 bits per heavy atom. The minimum Gasteiger partial charge on any atom is -0.378 e. The van der Waals surface area contributed by atoms with Crippen LogP contribution in [0.5, 0.6) is 0 Å². The summed E-state index contributed by atoms with van der Waals surface area (Å²) < 4.78 is 5.76. The highest BCUT2D eigenvalue weighted by molar-refractivity contribution is 5.79. The van der Waals surface area contributed by atoms with Gasteiger partial charge in [-0.25, -0.2) is 0 Å². The molecule has 0 heterocycles. The molecule has 5 heteroatoms. The van der Waals surface area contributed by atoms with E-state index in [1.54, 1.807) is 7.05 Å². The number of aliphatic imine (C=N–C) groups is 1. The van der Waals surface area contributed by atoms with Gasteiger partial charge in [0.2, 0.25) is 0 Å². The molecule has 0 aromatic heterocycles. The van der Waals surface area contributed by atoms with Gasteiger partial charge in [-0.2, -0.15) is 0 Å². The Labute approximate surface area is 131 Å². The van der Waals surface area contributed by atoms with E-state index in [-0.39, 0.29) is 5.54 Å². The number of hydrogen-bond acceptors (Lipinski definition) is 3. The summed E-state index contributed by atoms with van der Waals surface area (Å²) in [5, 5.41) is 6.75. The molecule has 0 aromatic rings. The SMILES string of the molecule is CCOC(CCNC(=NC)NCC(C)(C)N(C)C)C(C)C. The van der Waals surface area contributed by atoms with Crippen molar-refractivity contribution in [2.45, 2.75) is 52.7 Å². The molecule has 0 rings (SSSR count). The van der Waals surface area contributed by atoms with Gasteiger partial charge in [0.05, 0.1) is 6.10 Å². The second-order valence-corrected chi connectivity index (χ2v) is 6.59. The highest BCUT2D eigenvalue weighted by Gasteiger charge is 2.20.